The summed E-state index contributed by atoms with van der Waals surface area (Å²) in [6.07, 6.45) is 78.6. The van der Waals surface area contributed by atoms with Crippen molar-refractivity contribution in [2.24, 2.45) is 0 Å². The molecule has 6 nitrogen and oxygen atoms in total. The van der Waals surface area contributed by atoms with Gasteiger partial charge in [0.1, 0.15) is 0 Å². The van der Waals surface area contributed by atoms with Crippen LogP contribution in [0.3, 0.4) is 0 Å². The van der Waals surface area contributed by atoms with Crippen LogP contribution in [0.15, 0.2) is 0 Å². The zero-order valence-electron chi connectivity index (χ0n) is 51.3. The first-order valence-electron chi connectivity index (χ1n) is 34.8. The third-order valence-electron chi connectivity index (χ3n) is 16.7. The van der Waals surface area contributed by atoms with Crippen molar-refractivity contribution in [1.82, 2.24) is 5.32 Å². The highest BCUT2D eigenvalue weighted by molar-refractivity contribution is 5.76. The molecule has 0 aliphatic carbocycles. The second kappa shape index (κ2) is 65.4. The van der Waals surface area contributed by atoms with Crippen LogP contribution in [0.1, 0.15) is 406 Å². The van der Waals surface area contributed by atoms with Gasteiger partial charge in [-0.2, -0.15) is 0 Å². The SMILES string of the molecule is CCCCCCCCCCCCCCCCCCCCCCC(O)C(CO)NC(=O)CCCCCCCCCCCCCCCCCCCCCCCCCCCOC(=O)CCCCCCCCCCCCCCC. The van der Waals surface area contributed by atoms with E-state index in [1.807, 2.05) is 0 Å². The molecule has 0 radical (unpaired) electrons. The molecule has 0 saturated carbocycles. The summed E-state index contributed by atoms with van der Waals surface area (Å²) < 4.78 is 5.49. The predicted octanol–water partition coefficient (Wildman–Crippen LogP) is 22.2. The lowest BCUT2D eigenvalue weighted by Crippen LogP contribution is -2.45. The van der Waals surface area contributed by atoms with Gasteiger partial charge in [0.15, 0.2) is 0 Å². The van der Waals surface area contributed by atoms with Crippen LogP contribution in [0.2, 0.25) is 0 Å². The molecule has 0 fully saturated rings. The van der Waals surface area contributed by atoms with Crippen molar-refractivity contribution in [3.8, 4) is 0 Å². The number of aliphatic hydroxyl groups is 2. The van der Waals surface area contributed by atoms with Gasteiger partial charge in [-0.15, -0.1) is 0 Å². The molecule has 1 amide bonds. The molecule has 2 unspecified atom stereocenters. The molecule has 448 valence electrons. The fourth-order valence-corrected chi connectivity index (χ4v) is 11.4. The number of esters is 1. The van der Waals surface area contributed by atoms with Gasteiger partial charge in [-0.25, -0.2) is 0 Å². The number of ether oxygens (including phenoxy) is 1. The van der Waals surface area contributed by atoms with E-state index in [1.54, 1.807) is 0 Å². The summed E-state index contributed by atoms with van der Waals surface area (Å²) in [6.45, 7) is 5.00. The molecule has 0 aromatic heterocycles. The van der Waals surface area contributed by atoms with Gasteiger partial charge >= 0.3 is 5.97 Å². The molecular weight excluding hydrogens is 923 g/mol. The fraction of sp³-hybridized carbons (Fsp3) is 0.971. The zero-order chi connectivity index (χ0) is 54.3. The highest BCUT2D eigenvalue weighted by Crippen LogP contribution is 2.19. The average molecular weight is 1060 g/mol. The number of unbranched alkanes of at least 4 members (excludes halogenated alkanes) is 55. The lowest BCUT2D eigenvalue weighted by Gasteiger charge is -2.22. The maximum absolute atomic E-state index is 12.5. The van der Waals surface area contributed by atoms with E-state index in [0.717, 1.165) is 38.5 Å². The molecule has 3 N–H and O–H groups in total. The summed E-state index contributed by atoms with van der Waals surface area (Å²) in [4.78, 5) is 24.6. The lowest BCUT2D eigenvalue weighted by molar-refractivity contribution is -0.143. The summed E-state index contributed by atoms with van der Waals surface area (Å²) in [6, 6.07) is -0.540. The van der Waals surface area contributed by atoms with Crippen LogP contribution in [0.25, 0.3) is 0 Å². The van der Waals surface area contributed by atoms with Crippen LogP contribution in [-0.2, 0) is 14.3 Å². The van der Waals surface area contributed by atoms with E-state index >= 15 is 0 Å². The molecule has 0 bridgehead atoms. The van der Waals surface area contributed by atoms with Crippen LogP contribution in [0.5, 0.6) is 0 Å². The summed E-state index contributed by atoms with van der Waals surface area (Å²) in [5.41, 5.74) is 0. The standard InChI is InChI=1S/C69H137NO5/c1-3-5-7-9-11-13-15-17-18-19-20-28-31-34-38-41-45-49-53-57-61-67(72)66(65-71)70-68(73)62-58-54-50-46-42-39-35-32-29-26-24-22-21-23-25-27-30-33-36-40-44-48-52-56-60-64-75-69(74)63-59-55-51-47-43-37-16-14-12-10-8-6-4-2/h66-67,71-72H,3-65H2,1-2H3,(H,70,73). The first-order valence-corrected chi connectivity index (χ1v) is 34.8. The maximum Gasteiger partial charge on any atom is 0.305 e. The van der Waals surface area contributed by atoms with Crippen LogP contribution < -0.4 is 5.32 Å². The van der Waals surface area contributed by atoms with E-state index in [9.17, 15) is 19.8 Å². The number of hydrogen-bond acceptors (Lipinski definition) is 5. The van der Waals surface area contributed by atoms with Crippen molar-refractivity contribution < 1.29 is 24.5 Å². The molecule has 0 spiro atoms. The van der Waals surface area contributed by atoms with Crippen LogP contribution in [0.4, 0.5) is 0 Å². The van der Waals surface area contributed by atoms with E-state index in [-0.39, 0.29) is 18.5 Å². The van der Waals surface area contributed by atoms with E-state index in [4.69, 9.17) is 4.74 Å². The first-order chi connectivity index (χ1) is 37.0. The summed E-state index contributed by atoms with van der Waals surface area (Å²) in [5, 5.41) is 23.4. The molecule has 0 aliphatic heterocycles. The van der Waals surface area contributed by atoms with Crippen molar-refractivity contribution >= 4 is 11.9 Å². The number of rotatable bonds is 66. The van der Waals surface area contributed by atoms with Gasteiger partial charge in [0.05, 0.1) is 25.4 Å². The molecule has 0 aromatic carbocycles. The second-order valence-corrected chi connectivity index (χ2v) is 24.2. The number of aliphatic hydroxyl groups excluding tert-OH is 2. The zero-order valence-corrected chi connectivity index (χ0v) is 51.3. The minimum absolute atomic E-state index is 0.0193. The summed E-state index contributed by atoms with van der Waals surface area (Å²) in [7, 11) is 0. The maximum atomic E-state index is 12.5. The highest BCUT2D eigenvalue weighted by atomic mass is 16.5. The Morgan fingerprint density at radius 1 is 0.320 bits per heavy atom. The van der Waals surface area contributed by atoms with Gasteiger partial charge < -0.3 is 20.3 Å². The van der Waals surface area contributed by atoms with Crippen LogP contribution in [-0.4, -0.2) is 47.4 Å². The van der Waals surface area contributed by atoms with E-state index in [0.29, 0.717) is 25.9 Å². The average Bonchev–Trinajstić information content (AvgIpc) is 3.41. The first kappa shape index (κ1) is 73.9. The van der Waals surface area contributed by atoms with E-state index in [2.05, 4.69) is 19.2 Å². The van der Waals surface area contributed by atoms with Crippen molar-refractivity contribution in [2.45, 2.75) is 418 Å². The monoisotopic (exact) mass is 1060 g/mol. The smallest absolute Gasteiger partial charge is 0.305 e. The number of hydrogen-bond donors (Lipinski definition) is 3. The normalized spacial score (nSPS) is 12.4. The topological polar surface area (TPSA) is 95.9 Å². The molecule has 2 atom stereocenters. The van der Waals surface area contributed by atoms with E-state index < -0.39 is 12.1 Å². The number of nitrogens with one attached hydrogen (secondary N) is 1. The predicted molar refractivity (Wildman–Crippen MR) is 329 cm³/mol. The number of carbonyl (C=O) groups is 2. The molecular formula is C69H137NO5. The van der Waals surface area contributed by atoms with Crippen molar-refractivity contribution in [2.75, 3.05) is 13.2 Å². The van der Waals surface area contributed by atoms with E-state index in [1.165, 1.54) is 334 Å². The van der Waals surface area contributed by atoms with Gasteiger partial charge in [0.2, 0.25) is 5.91 Å². The summed E-state index contributed by atoms with van der Waals surface area (Å²) in [5.74, 6) is -0.00877. The van der Waals surface area contributed by atoms with Crippen molar-refractivity contribution in [1.29, 1.82) is 0 Å². The molecule has 0 saturated heterocycles. The Hall–Kier alpha value is -1.14. The van der Waals surface area contributed by atoms with Gasteiger partial charge in [-0.05, 0) is 25.7 Å². The minimum Gasteiger partial charge on any atom is -0.466 e. The molecule has 75 heavy (non-hydrogen) atoms. The second-order valence-electron chi connectivity index (χ2n) is 24.2. The Kier molecular flexibility index (Phi) is 64.4. The van der Waals surface area contributed by atoms with Crippen LogP contribution in [0, 0.1) is 0 Å². The molecule has 0 rings (SSSR count). The Morgan fingerprint density at radius 2 is 0.547 bits per heavy atom. The van der Waals surface area contributed by atoms with Gasteiger partial charge in [0.25, 0.3) is 0 Å². The van der Waals surface area contributed by atoms with Gasteiger partial charge in [0, 0.05) is 12.8 Å². The van der Waals surface area contributed by atoms with Gasteiger partial charge in [-0.3, -0.25) is 9.59 Å². The third-order valence-corrected chi connectivity index (χ3v) is 16.7. The summed E-state index contributed by atoms with van der Waals surface area (Å²) >= 11 is 0. The molecule has 0 heterocycles. The fourth-order valence-electron chi connectivity index (χ4n) is 11.4. The largest absolute Gasteiger partial charge is 0.466 e. The molecule has 6 heteroatoms. The van der Waals surface area contributed by atoms with Gasteiger partial charge in [-0.1, -0.05) is 367 Å². The minimum atomic E-state index is -0.663. The Bertz CT molecular complexity index is 1080. The lowest BCUT2D eigenvalue weighted by atomic mass is 10.0. The number of carbonyl (C=O) groups excluding carboxylic acids is 2. The quantitative estimate of drug-likeness (QED) is 0.0417. The Labute approximate surface area is 470 Å². The Balaban J connectivity index is 3.35. The van der Waals surface area contributed by atoms with Crippen LogP contribution >= 0.6 is 0 Å². The molecule has 0 aromatic rings. The van der Waals surface area contributed by atoms with Crippen molar-refractivity contribution in [3.05, 3.63) is 0 Å². The third kappa shape index (κ3) is 61.9. The molecule has 0 aliphatic rings. The Morgan fingerprint density at radius 3 is 0.813 bits per heavy atom. The number of amides is 1. The highest BCUT2D eigenvalue weighted by Gasteiger charge is 2.20. The van der Waals surface area contributed by atoms with Crippen molar-refractivity contribution in [3.63, 3.8) is 0 Å².